The van der Waals surface area contributed by atoms with Crippen molar-refractivity contribution in [3.8, 4) is 34.2 Å². The first-order valence-electron chi connectivity index (χ1n) is 18.3. The standard InChI is InChI=1S/C47H34N4/c1-5-13-29(14-6-1)43-48-44(30-15-7-2-8-16-30)50-45(49-43)31-21-23-32(24-22-31)46-37-40-38(46)42-39(46)41(37)47(40,42)33-25-27-36(28-26-33)51(34-17-9-3-10-18-34)35-19-11-4-12-20-35/h1-28,37-42H. The SMILES string of the molecule is c1ccc(-c2nc(-c3ccccc3)nc(-c3ccc(C45C6C7C4C4C5C6C74c4ccc(N(c5ccccc5)c5ccccc5)cc4)cc3)n2)cc1. The highest BCUT2D eigenvalue weighted by Crippen LogP contribution is 3.09. The van der Waals surface area contributed by atoms with Crippen LogP contribution < -0.4 is 4.90 Å². The third-order valence-corrected chi connectivity index (χ3v) is 13.6. The highest BCUT2D eigenvalue weighted by molar-refractivity contribution is 5.77. The number of hydrogen-bond donors (Lipinski definition) is 0. The summed E-state index contributed by atoms with van der Waals surface area (Å²) in [5.41, 5.74) is 10.6. The van der Waals surface area contributed by atoms with E-state index in [9.17, 15) is 0 Å². The molecular formula is C47H34N4. The first-order valence-corrected chi connectivity index (χ1v) is 18.3. The number of para-hydroxylation sites is 2. The first kappa shape index (κ1) is 27.9. The lowest BCUT2D eigenvalue weighted by atomic mass is 8.91. The molecule has 0 unspecified atom stereocenters. The van der Waals surface area contributed by atoms with Gasteiger partial charge in [0.1, 0.15) is 0 Å². The molecule has 0 bridgehead atoms. The molecule has 0 N–H and O–H groups in total. The number of rotatable bonds is 8. The Kier molecular flexibility index (Phi) is 5.41. The second kappa shape index (κ2) is 9.88. The molecule has 6 saturated carbocycles. The van der Waals surface area contributed by atoms with Gasteiger partial charge in [-0.3, -0.25) is 0 Å². The number of hydrogen-bond acceptors (Lipinski definition) is 4. The van der Waals surface area contributed by atoms with E-state index < -0.39 is 0 Å². The second-order valence-corrected chi connectivity index (χ2v) is 15.2. The van der Waals surface area contributed by atoms with Gasteiger partial charge in [-0.1, -0.05) is 133 Å². The Bertz CT molecular complexity index is 2290. The molecule has 0 radical (unpaired) electrons. The summed E-state index contributed by atoms with van der Waals surface area (Å²) in [5, 5.41) is 0. The Morgan fingerprint density at radius 2 is 0.608 bits per heavy atom. The van der Waals surface area contributed by atoms with Crippen LogP contribution in [0.5, 0.6) is 0 Å². The van der Waals surface area contributed by atoms with Crippen LogP contribution in [0, 0.1) is 35.5 Å². The molecule has 6 aliphatic rings. The average molecular weight is 655 g/mol. The van der Waals surface area contributed by atoms with Gasteiger partial charge in [0.2, 0.25) is 0 Å². The number of aromatic nitrogens is 3. The molecule has 1 heterocycles. The Labute approximate surface area is 297 Å². The minimum absolute atomic E-state index is 0.418. The highest BCUT2D eigenvalue weighted by Gasteiger charge is 3.09. The highest BCUT2D eigenvalue weighted by atomic mass is 15.1. The molecule has 0 spiro atoms. The van der Waals surface area contributed by atoms with Gasteiger partial charge in [-0.05, 0) is 83.0 Å². The van der Waals surface area contributed by atoms with Crippen molar-refractivity contribution in [1.29, 1.82) is 0 Å². The first-order chi connectivity index (χ1) is 25.3. The van der Waals surface area contributed by atoms with Gasteiger partial charge in [0, 0.05) is 44.6 Å². The Morgan fingerprint density at radius 1 is 0.314 bits per heavy atom. The lowest BCUT2D eigenvalue weighted by molar-refractivity contribution is -0.596. The fraction of sp³-hybridized carbons (Fsp3) is 0.170. The van der Waals surface area contributed by atoms with E-state index in [1.54, 1.807) is 11.1 Å². The van der Waals surface area contributed by atoms with Crippen LogP contribution in [-0.4, -0.2) is 15.0 Å². The fourth-order valence-corrected chi connectivity index (χ4v) is 12.0. The number of benzene rings is 6. The van der Waals surface area contributed by atoms with Crippen LogP contribution in [0.4, 0.5) is 17.1 Å². The minimum atomic E-state index is 0.418. The lowest BCUT2D eigenvalue weighted by Gasteiger charge is -3.12. The van der Waals surface area contributed by atoms with E-state index in [2.05, 4.69) is 138 Å². The van der Waals surface area contributed by atoms with E-state index in [0.29, 0.717) is 22.5 Å². The zero-order valence-electron chi connectivity index (χ0n) is 27.9. The maximum atomic E-state index is 4.97. The van der Waals surface area contributed by atoms with Crippen molar-refractivity contribution in [3.05, 3.63) is 181 Å². The topological polar surface area (TPSA) is 41.9 Å². The monoisotopic (exact) mass is 654 g/mol. The van der Waals surface area contributed by atoms with E-state index in [0.717, 1.165) is 58.0 Å². The van der Waals surface area contributed by atoms with E-state index in [-0.39, 0.29) is 0 Å². The third-order valence-electron chi connectivity index (χ3n) is 13.6. The largest absolute Gasteiger partial charge is 0.311 e. The predicted octanol–water partition coefficient (Wildman–Crippen LogP) is 10.3. The lowest BCUT2D eigenvalue weighted by Crippen LogP contribution is -3.12. The summed E-state index contributed by atoms with van der Waals surface area (Å²) in [4.78, 5) is 17.2. The normalized spacial score (nSPS) is 29.3. The zero-order valence-corrected chi connectivity index (χ0v) is 27.9. The third kappa shape index (κ3) is 3.30. The molecule has 242 valence electrons. The van der Waals surface area contributed by atoms with Gasteiger partial charge < -0.3 is 4.90 Å². The molecule has 6 aliphatic carbocycles. The van der Waals surface area contributed by atoms with Gasteiger partial charge in [0.25, 0.3) is 0 Å². The van der Waals surface area contributed by atoms with Gasteiger partial charge in [-0.2, -0.15) is 0 Å². The van der Waals surface area contributed by atoms with Crippen molar-refractivity contribution in [2.45, 2.75) is 10.8 Å². The van der Waals surface area contributed by atoms with Crippen LogP contribution >= 0.6 is 0 Å². The number of nitrogens with zero attached hydrogens (tertiary/aromatic N) is 4. The Balaban J connectivity index is 0.821. The Hall–Kier alpha value is -5.87. The quantitative estimate of drug-likeness (QED) is 0.164. The summed E-state index contributed by atoms with van der Waals surface area (Å²) >= 11 is 0. The molecule has 0 amide bonds. The Morgan fingerprint density at radius 3 is 0.980 bits per heavy atom. The molecule has 7 aromatic rings. The van der Waals surface area contributed by atoms with Gasteiger partial charge in [0.05, 0.1) is 0 Å². The molecule has 4 nitrogen and oxygen atoms in total. The molecule has 0 saturated heterocycles. The van der Waals surface area contributed by atoms with Crippen molar-refractivity contribution >= 4 is 17.1 Å². The van der Waals surface area contributed by atoms with Crippen LogP contribution in [0.15, 0.2) is 170 Å². The van der Waals surface area contributed by atoms with Crippen LogP contribution in [-0.2, 0) is 10.8 Å². The van der Waals surface area contributed by atoms with Crippen molar-refractivity contribution in [3.63, 3.8) is 0 Å². The molecule has 0 aliphatic heterocycles. The van der Waals surface area contributed by atoms with Crippen molar-refractivity contribution in [2.75, 3.05) is 4.90 Å². The summed E-state index contributed by atoms with van der Waals surface area (Å²) in [7, 11) is 0. The maximum absolute atomic E-state index is 4.97. The minimum Gasteiger partial charge on any atom is -0.311 e. The van der Waals surface area contributed by atoms with Crippen LogP contribution in [0.3, 0.4) is 0 Å². The summed E-state index contributed by atoms with van der Waals surface area (Å²) < 4.78 is 0. The molecule has 1 aromatic heterocycles. The van der Waals surface area contributed by atoms with E-state index in [4.69, 9.17) is 15.0 Å². The van der Waals surface area contributed by atoms with Crippen LogP contribution in [0.2, 0.25) is 0 Å². The van der Waals surface area contributed by atoms with Crippen molar-refractivity contribution in [2.24, 2.45) is 35.5 Å². The molecule has 51 heavy (non-hydrogen) atoms. The van der Waals surface area contributed by atoms with E-state index in [1.165, 1.54) is 17.1 Å². The van der Waals surface area contributed by atoms with Gasteiger partial charge in [-0.15, -0.1) is 0 Å². The van der Waals surface area contributed by atoms with Crippen molar-refractivity contribution < 1.29 is 0 Å². The van der Waals surface area contributed by atoms with Gasteiger partial charge >= 0.3 is 0 Å². The molecule has 0 atom stereocenters. The number of anilines is 3. The summed E-state index contributed by atoms with van der Waals surface area (Å²) in [6.45, 7) is 0. The summed E-state index contributed by atoms with van der Waals surface area (Å²) in [6.07, 6.45) is 0. The van der Waals surface area contributed by atoms with E-state index in [1.807, 2.05) is 36.4 Å². The predicted molar refractivity (Wildman–Crippen MR) is 202 cm³/mol. The summed E-state index contributed by atoms with van der Waals surface area (Å²) in [5.74, 6) is 7.24. The van der Waals surface area contributed by atoms with Crippen molar-refractivity contribution in [1.82, 2.24) is 15.0 Å². The van der Waals surface area contributed by atoms with Gasteiger partial charge in [-0.25, -0.2) is 15.0 Å². The molecule has 6 aromatic carbocycles. The molecular weight excluding hydrogens is 621 g/mol. The smallest absolute Gasteiger partial charge is 0.164 e. The molecule has 4 heteroatoms. The van der Waals surface area contributed by atoms with E-state index >= 15 is 0 Å². The molecule has 13 rings (SSSR count). The second-order valence-electron chi connectivity index (χ2n) is 15.2. The summed E-state index contributed by atoms with van der Waals surface area (Å²) in [6, 6.07) is 60.8. The molecule has 6 fully saturated rings. The maximum Gasteiger partial charge on any atom is 0.164 e. The zero-order chi connectivity index (χ0) is 33.3. The van der Waals surface area contributed by atoms with Gasteiger partial charge in [0.15, 0.2) is 17.5 Å². The average Bonchev–Trinajstić information content (AvgIpc) is 3.22. The fourth-order valence-electron chi connectivity index (χ4n) is 12.0. The van der Waals surface area contributed by atoms with Crippen LogP contribution in [0.25, 0.3) is 34.2 Å². The van der Waals surface area contributed by atoms with Crippen LogP contribution in [0.1, 0.15) is 11.1 Å².